The molecule has 1 aromatic heterocycles. The molecule has 168 valence electrons. The summed E-state index contributed by atoms with van der Waals surface area (Å²) in [5.41, 5.74) is 0.754. The van der Waals surface area contributed by atoms with E-state index in [2.05, 4.69) is 0 Å². The third-order valence-electron chi connectivity index (χ3n) is 5.58. The van der Waals surface area contributed by atoms with Gasteiger partial charge < -0.3 is 9.84 Å². The van der Waals surface area contributed by atoms with Crippen molar-refractivity contribution in [2.45, 2.75) is 43.9 Å². The first-order valence-electron chi connectivity index (χ1n) is 9.63. The number of carbonyl (C=O) groups is 1. The number of aliphatic hydroxyl groups is 1. The van der Waals surface area contributed by atoms with Gasteiger partial charge in [0.15, 0.2) is 0 Å². The van der Waals surface area contributed by atoms with Gasteiger partial charge in [0.05, 0.1) is 16.7 Å². The fourth-order valence-corrected chi connectivity index (χ4v) is 5.14. The standard InChI is InChI=1S/C20H25N3O7S/c1-12-5-6-16(7-13(12)2)31(28,29)23-10-15(24)9-17(23)19(26)30-11-14-8-18(25)22(4)20(27)21(14)3/h5-8,15,17,24H,9-11H2,1-4H3/t15-,17-/m1/s1. The van der Waals surface area contributed by atoms with E-state index >= 15 is 0 Å². The molecule has 2 aromatic rings. The van der Waals surface area contributed by atoms with Gasteiger partial charge in [-0.05, 0) is 37.1 Å². The fourth-order valence-electron chi connectivity index (χ4n) is 3.43. The molecule has 1 fully saturated rings. The molecule has 0 saturated carbocycles. The van der Waals surface area contributed by atoms with Gasteiger partial charge in [-0.3, -0.25) is 18.7 Å². The minimum Gasteiger partial charge on any atom is -0.458 e. The molecule has 1 N–H and O–H groups in total. The topological polar surface area (TPSA) is 128 Å². The summed E-state index contributed by atoms with van der Waals surface area (Å²) in [6, 6.07) is 4.61. The number of aliphatic hydroxyl groups excluding tert-OH is 1. The predicted octanol–water partition coefficient (Wildman–Crippen LogP) is -0.432. The molecular formula is C20H25N3O7S. The second-order valence-corrected chi connectivity index (χ2v) is 9.60. The van der Waals surface area contributed by atoms with Crippen LogP contribution in [0.4, 0.5) is 0 Å². The molecule has 1 aliphatic rings. The maximum Gasteiger partial charge on any atom is 0.330 e. The Morgan fingerprint density at radius 1 is 1.13 bits per heavy atom. The number of hydrogen-bond donors (Lipinski definition) is 1. The van der Waals surface area contributed by atoms with E-state index in [4.69, 9.17) is 4.74 Å². The van der Waals surface area contributed by atoms with Gasteiger partial charge in [0.25, 0.3) is 5.56 Å². The molecule has 1 aromatic carbocycles. The number of esters is 1. The summed E-state index contributed by atoms with van der Waals surface area (Å²) in [5, 5.41) is 10.1. The van der Waals surface area contributed by atoms with E-state index in [1.165, 1.54) is 36.9 Å². The van der Waals surface area contributed by atoms with Gasteiger partial charge in [-0.2, -0.15) is 4.31 Å². The summed E-state index contributed by atoms with van der Waals surface area (Å²) >= 11 is 0. The van der Waals surface area contributed by atoms with Crippen LogP contribution >= 0.6 is 0 Å². The van der Waals surface area contributed by atoms with Crippen molar-refractivity contribution in [3.05, 3.63) is 61.9 Å². The lowest BCUT2D eigenvalue weighted by molar-refractivity contribution is -0.149. The van der Waals surface area contributed by atoms with Crippen LogP contribution in [0.25, 0.3) is 0 Å². The summed E-state index contributed by atoms with van der Waals surface area (Å²) < 4.78 is 34.5. The number of sulfonamides is 1. The molecule has 0 amide bonds. The zero-order valence-corrected chi connectivity index (χ0v) is 18.5. The van der Waals surface area contributed by atoms with Crippen LogP contribution in [0.5, 0.6) is 0 Å². The minimum absolute atomic E-state index is 0.0245. The number of ether oxygens (including phenoxy) is 1. The fraction of sp³-hybridized carbons (Fsp3) is 0.450. The Morgan fingerprint density at radius 3 is 2.45 bits per heavy atom. The average Bonchev–Trinajstić information content (AvgIpc) is 3.12. The molecule has 0 unspecified atom stereocenters. The summed E-state index contributed by atoms with van der Waals surface area (Å²) in [6.07, 6.45) is -1.13. The predicted molar refractivity (Wildman–Crippen MR) is 111 cm³/mol. The Labute approximate surface area is 179 Å². The van der Waals surface area contributed by atoms with Crippen molar-refractivity contribution < 1.29 is 23.1 Å². The molecule has 31 heavy (non-hydrogen) atoms. The van der Waals surface area contributed by atoms with Gasteiger partial charge in [0.1, 0.15) is 12.6 Å². The van der Waals surface area contributed by atoms with E-state index in [1.807, 2.05) is 6.92 Å². The van der Waals surface area contributed by atoms with Crippen LogP contribution in [0.3, 0.4) is 0 Å². The first-order chi connectivity index (χ1) is 14.4. The number of nitrogens with zero attached hydrogens (tertiary/aromatic N) is 3. The molecular weight excluding hydrogens is 426 g/mol. The molecule has 0 radical (unpaired) electrons. The monoisotopic (exact) mass is 451 g/mol. The minimum atomic E-state index is -4.05. The van der Waals surface area contributed by atoms with E-state index < -0.39 is 39.4 Å². The maximum absolute atomic E-state index is 13.1. The smallest absolute Gasteiger partial charge is 0.330 e. The van der Waals surface area contributed by atoms with Crippen molar-refractivity contribution in [1.82, 2.24) is 13.4 Å². The highest BCUT2D eigenvalue weighted by atomic mass is 32.2. The van der Waals surface area contributed by atoms with Crippen LogP contribution in [0, 0.1) is 13.8 Å². The number of hydrogen-bond acceptors (Lipinski definition) is 7. The zero-order valence-electron chi connectivity index (χ0n) is 17.7. The highest BCUT2D eigenvalue weighted by Crippen LogP contribution is 2.28. The van der Waals surface area contributed by atoms with Crippen molar-refractivity contribution in [1.29, 1.82) is 0 Å². The second-order valence-electron chi connectivity index (χ2n) is 7.71. The average molecular weight is 452 g/mol. The number of β-amino-alcohol motifs (C(OH)–C–C–N with tert-alkyl or cyclic N) is 1. The number of rotatable bonds is 5. The molecule has 11 heteroatoms. The SMILES string of the molecule is Cc1ccc(S(=O)(=O)N2C[C@H](O)C[C@@H]2C(=O)OCc2cc(=O)n(C)c(=O)n2C)cc1C. The van der Waals surface area contributed by atoms with Crippen molar-refractivity contribution >= 4 is 16.0 Å². The van der Waals surface area contributed by atoms with Gasteiger partial charge in [-0.15, -0.1) is 0 Å². The molecule has 1 saturated heterocycles. The van der Waals surface area contributed by atoms with Gasteiger partial charge >= 0.3 is 11.7 Å². The largest absolute Gasteiger partial charge is 0.458 e. The van der Waals surface area contributed by atoms with E-state index in [0.29, 0.717) is 0 Å². The third-order valence-corrected chi connectivity index (χ3v) is 7.45. The number of carbonyl (C=O) groups excluding carboxylic acids is 1. The lowest BCUT2D eigenvalue weighted by Crippen LogP contribution is -2.42. The molecule has 1 aliphatic heterocycles. The molecule has 2 atom stereocenters. The molecule has 0 aliphatic carbocycles. The first kappa shape index (κ1) is 22.9. The lowest BCUT2D eigenvalue weighted by atomic mass is 10.1. The Bertz CT molecular complexity index is 1250. The van der Waals surface area contributed by atoms with Gasteiger partial charge in [-0.1, -0.05) is 6.07 Å². The van der Waals surface area contributed by atoms with E-state index in [-0.39, 0.29) is 30.2 Å². The van der Waals surface area contributed by atoms with Crippen LogP contribution in [-0.2, 0) is 40.3 Å². The molecule has 2 heterocycles. The van der Waals surface area contributed by atoms with Crippen molar-refractivity contribution in [2.75, 3.05) is 6.54 Å². The zero-order chi connectivity index (χ0) is 23.1. The number of benzene rings is 1. The highest BCUT2D eigenvalue weighted by molar-refractivity contribution is 7.89. The highest BCUT2D eigenvalue weighted by Gasteiger charge is 2.44. The molecule has 3 rings (SSSR count). The first-order valence-corrected chi connectivity index (χ1v) is 11.1. The normalized spacial score (nSPS) is 19.5. The Morgan fingerprint density at radius 2 is 1.81 bits per heavy atom. The van der Waals surface area contributed by atoms with Crippen molar-refractivity contribution in [3.8, 4) is 0 Å². The number of aryl methyl sites for hydroxylation is 2. The summed E-state index contributed by atoms with van der Waals surface area (Å²) in [5.74, 6) is -0.864. The summed E-state index contributed by atoms with van der Waals surface area (Å²) in [4.78, 5) is 36.6. The van der Waals surface area contributed by atoms with Crippen LogP contribution in [0.15, 0.2) is 38.8 Å². The van der Waals surface area contributed by atoms with Gasteiger partial charge in [0, 0.05) is 33.1 Å². The summed E-state index contributed by atoms with van der Waals surface area (Å²) in [6.45, 7) is 3.02. The van der Waals surface area contributed by atoms with Crippen LogP contribution < -0.4 is 11.2 Å². The Kier molecular flexibility index (Phi) is 6.21. The van der Waals surface area contributed by atoms with E-state index in [0.717, 1.165) is 20.0 Å². The van der Waals surface area contributed by atoms with E-state index in [1.54, 1.807) is 13.0 Å². The van der Waals surface area contributed by atoms with Crippen LogP contribution in [0.2, 0.25) is 0 Å². The lowest BCUT2D eigenvalue weighted by Gasteiger charge is -2.23. The van der Waals surface area contributed by atoms with Crippen LogP contribution in [0.1, 0.15) is 23.2 Å². The Hall–Kier alpha value is -2.76. The van der Waals surface area contributed by atoms with Gasteiger partial charge in [0.2, 0.25) is 10.0 Å². The maximum atomic E-state index is 13.1. The molecule has 10 nitrogen and oxygen atoms in total. The molecule has 0 bridgehead atoms. The van der Waals surface area contributed by atoms with E-state index in [9.17, 15) is 27.9 Å². The third kappa shape index (κ3) is 4.34. The number of aromatic nitrogens is 2. The van der Waals surface area contributed by atoms with Crippen molar-refractivity contribution in [3.63, 3.8) is 0 Å². The second kappa shape index (κ2) is 8.40. The summed E-state index contributed by atoms with van der Waals surface area (Å²) in [7, 11) is -1.29. The van der Waals surface area contributed by atoms with Gasteiger partial charge in [-0.25, -0.2) is 13.2 Å². The van der Waals surface area contributed by atoms with Crippen LogP contribution in [-0.4, -0.2) is 51.6 Å². The molecule has 0 spiro atoms. The Balaban J connectivity index is 1.84. The quantitative estimate of drug-likeness (QED) is 0.611. The van der Waals surface area contributed by atoms with Crippen molar-refractivity contribution in [2.24, 2.45) is 14.1 Å².